The van der Waals surface area contributed by atoms with Crippen molar-refractivity contribution in [2.24, 2.45) is 0 Å². The summed E-state index contributed by atoms with van der Waals surface area (Å²) >= 11 is 0. The van der Waals surface area contributed by atoms with Crippen LogP contribution in [0.3, 0.4) is 0 Å². The molecule has 0 saturated carbocycles. The summed E-state index contributed by atoms with van der Waals surface area (Å²) < 4.78 is 139. The van der Waals surface area contributed by atoms with E-state index in [1.165, 1.54) is 0 Å². The van der Waals surface area contributed by atoms with E-state index in [2.05, 4.69) is 9.97 Å². The second kappa shape index (κ2) is 12.2. The van der Waals surface area contributed by atoms with Gasteiger partial charge < -0.3 is 4.42 Å². The van der Waals surface area contributed by atoms with Gasteiger partial charge in [-0.1, -0.05) is 163 Å². The molecule has 9 aromatic rings. The van der Waals surface area contributed by atoms with Crippen molar-refractivity contribution in [3.05, 3.63) is 176 Å². The predicted octanol–water partition coefficient (Wildman–Crippen LogP) is 11.8. The third-order valence-corrected chi connectivity index (χ3v) is 7.83. The summed E-state index contributed by atoms with van der Waals surface area (Å²) in [6, 6.07) is 15.3. The number of hydrogen-bond donors (Lipinski definition) is 0. The lowest BCUT2D eigenvalue weighted by atomic mass is 9.98. The number of para-hydroxylation sites is 2. The van der Waals surface area contributed by atoms with Crippen LogP contribution in [0.15, 0.2) is 180 Å². The molecule has 9 rings (SSSR count). The van der Waals surface area contributed by atoms with E-state index in [0.29, 0.717) is 11.1 Å². The summed E-state index contributed by atoms with van der Waals surface area (Å²) in [5.41, 5.74) is -0.370. The molecule has 0 unspecified atom stereocenters. The van der Waals surface area contributed by atoms with E-state index in [1.807, 2.05) is 42.5 Å². The van der Waals surface area contributed by atoms with Crippen molar-refractivity contribution in [1.82, 2.24) is 15.0 Å². The maximum Gasteiger partial charge on any atom is 0.164 e. The highest BCUT2D eigenvalue weighted by atomic mass is 16.3. The molecule has 0 bridgehead atoms. The highest BCUT2D eigenvalue weighted by molar-refractivity contribution is 6.09. The molecule has 0 aliphatic heterocycles. The highest BCUT2D eigenvalue weighted by Gasteiger charge is 2.15. The number of furan rings is 1. The molecule has 0 amide bonds. The monoisotopic (exact) mass is 642 g/mol. The molecule has 0 aliphatic carbocycles. The van der Waals surface area contributed by atoms with Gasteiger partial charge in [0.15, 0.2) is 17.5 Å². The Morgan fingerprint density at radius 1 is 0.388 bits per heavy atom. The maximum atomic E-state index is 9.49. The van der Waals surface area contributed by atoms with Crippen molar-refractivity contribution in [1.29, 1.82) is 0 Å². The topological polar surface area (TPSA) is 51.8 Å². The largest absolute Gasteiger partial charge is 0.455 e. The summed E-state index contributed by atoms with van der Waals surface area (Å²) in [6.45, 7) is 0. The van der Waals surface area contributed by atoms with Crippen LogP contribution in [0.4, 0.5) is 0 Å². The van der Waals surface area contributed by atoms with E-state index >= 15 is 0 Å². The quantitative estimate of drug-likeness (QED) is 0.181. The van der Waals surface area contributed by atoms with Crippen molar-refractivity contribution in [3.63, 3.8) is 0 Å². The molecule has 0 radical (unpaired) electrons. The molecular weight excluding hydrogens is 599 g/mol. The summed E-state index contributed by atoms with van der Waals surface area (Å²) in [5, 5.41) is -0.563. The number of rotatable bonds is 6. The lowest BCUT2D eigenvalue weighted by molar-refractivity contribution is 0.670. The lowest BCUT2D eigenvalue weighted by Gasteiger charge is -2.10. The molecule has 0 fully saturated rings. The Hall–Kier alpha value is -6.65. The van der Waals surface area contributed by atoms with Gasteiger partial charge in [0.2, 0.25) is 0 Å². The van der Waals surface area contributed by atoms with Crippen LogP contribution >= 0.6 is 0 Å². The van der Waals surface area contributed by atoms with E-state index in [4.69, 9.17) is 23.1 Å². The molecular formula is C45H29N3O. The average Bonchev–Trinajstić information content (AvgIpc) is 3.71. The highest BCUT2D eigenvalue weighted by Crippen LogP contribution is 2.37. The second-order valence-electron chi connectivity index (χ2n) is 10.9. The van der Waals surface area contributed by atoms with Gasteiger partial charge in [0.1, 0.15) is 11.2 Å². The molecule has 0 saturated heterocycles. The van der Waals surface area contributed by atoms with Gasteiger partial charge in [-0.2, -0.15) is 0 Å². The minimum absolute atomic E-state index is 0.155. The zero-order valence-corrected chi connectivity index (χ0v) is 25.3. The van der Waals surface area contributed by atoms with E-state index in [1.54, 1.807) is 42.5 Å². The first-order valence-electron chi connectivity index (χ1n) is 22.6. The van der Waals surface area contributed by atoms with Crippen LogP contribution in [-0.2, 0) is 0 Å². The summed E-state index contributed by atoms with van der Waals surface area (Å²) in [7, 11) is 0. The molecule has 0 atom stereocenters. The van der Waals surface area contributed by atoms with Crippen LogP contribution < -0.4 is 0 Å². The van der Waals surface area contributed by atoms with Gasteiger partial charge in [0.25, 0.3) is 0 Å². The van der Waals surface area contributed by atoms with Crippen molar-refractivity contribution >= 4 is 21.9 Å². The van der Waals surface area contributed by atoms with E-state index in [0.717, 1.165) is 11.1 Å². The van der Waals surface area contributed by atoms with E-state index < -0.39 is 124 Å². The van der Waals surface area contributed by atoms with Crippen LogP contribution in [0.2, 0.25) is 0 Å². The Morgan fingerprint density at radius 3 is 1.65 bits per heavy atom. The van der Waals surface area contributed by atoms with E-state index in [-0.39, 0.29) is 33.8 Å². The zero-order chi connectivity index (χ0) is 45.6. The summed E-state index contributed by atoms with van der Waals surface area (Å²) in [4.78, 5) is 14.0. The van der Waals surface area contributed by atoms with Gasteiger partial charge in [-0.3, -0.25) is 0 Å². The van der Waals surface area contributed by atoms with Gasteiger partial charge >= 0.3 is 0 Å². The average molecular weight is 643 g/mol. The molecule has 4 heteroatoms. The second-order valence-corrected chi connectivity index (χ2v) is 10.9. The van der Waals surface area contributed by atoms with Crippen molar-refractivity contribution in [3.8, 4) is 67.5 Å². The fraction of sp³-hybridized carbons (Fsp3) is 0. The molecule has 2 aromatic heterocycles. The number of benzene rings is 7. The molecule has 0 N–H and O–H groups in total. The Bertz CT molecular complexity index is 3410. The Labute approximate surface area is 305 Å². The third-order valence-electron chi connectivity index (χ3n) is 7.83. The van der Waals surface area contributed by atoms with Gasteiger partial charge in [-0.05, 0) is 39.9 Å². The van der Waals surface area contributed by atoms with Crippen molar-refractivity contribution in [2.75, 3.05) is 0 Å². The van der Waals surface area contributed by atoms with E-state index in [9.17, 15) is 6.85 Å². The normalized spacial score (nSPS) is 15.6. The summed E-state index contributed by atoms with van der Waals surface area (Å²) in [6.07, 6.45) is 0. The van der Waals surface area contributed by atoms with Crippen LogP contribution in [0.25, 0.3) is 89.5 Å². The van der Waals surface area contributed by atoms with Gasteiger partial charge in [0, 0.05) is 33.0 Å². The minimum Gasteiger partial charge on any atom is -0.455 e. The van der Waals surface area contributed by atoms with Crippen LogP contribution in [0.1, 0.15) is 20.6 Å². The zero-order valence-electron chi connectivity index (χ0n) is 40.3. The Morgan fingerprint density at radius 2 is 0.918 bits per heavy atom. The molecule has 7 aromatic carbocycles. The predicted molar refractivity (Wildman–Crippen MR) is 200 cm³/mol. The smallest absolute Gasteiger partial charge is 0.164 e. The third kappa shape index (κ3) is 5.45. The Kier molecular flexibility index (Phi) is 4.21. The van der Waals surface area contributed by atoms with Crippen LogP contribution in [-0.4, -0.2) is 15.0 Å². The molecule has 230 valence electrons. The first-order valence-corrected chi connectivity index (χ1v) is 15.1. The SMILES string of the molecule is [2H]c1c([2H])c(-c2nc(-c3ccccc3)nc(-c3ccc(-c4ccccc4)cc3)n2)c([2H])c(-c2c([2H])c([2H])c(-c3c([2H])c([2H])c([2H])c4c3oc3c([2H])c([2H])c([2H])c([2H])c34)c([2H])c2[2H])c1[2H]. The van der Waals surface area contributed by atoms with Gasteiger partial charge in [0.05, 0.1) is 20.6 Å². The molecule has 4 nitrogen and oxygen atoms in total. The maximum absolute atomic E-state index is 9.49. The Balaban J connectivity index is 1.27. The van der Waals surface area contributed by atoms with Crippen molar-refractivity contribution in [2.45, 2.75) is 0 Å². The minimum atomic E-state index is -0.824. The number of nitrogens with zero attached hydrogens (tertiary/aromatic N) is 3. The molecule has 0 aliphatic rings. The first-order chi connectivity index (χ1) is 30.5. The molecule has 49 heavy (non-hydrogen) atoms. The lowest BCUT2D eigenvalue weighted by Crippen LogP contribution is -2.00. The van der Waals surface area contributed by atoms with Crippen LogP contribution in [0.5, 0.6) is 0 Å². The number of fused-ring (bicyclic) bond motifs is 3. The van der Waals surface area contributed by atoms with Crippen LogP contribution in [0, 0.1) is 0 Å². The fourth-order valence-corrected chi connectivity index (χ4v) is 5.42. The first kappa shape index (κ1) is 17.0. The summed E-state index contributed by atoms with van der Waals surface area (Å²) in [5.74, 6) is 0.0838. The standard InChI is InChI=1S/C45H29N3O/c1-3-11-30(12-4-1)31-23-27-35(28-24-31)44-46-43(34-13-5-2-6-14-34)47-45(48-44)37-16-9-15-36(29-37)32-21-25-33(26-22-32)38-18-10-19-40-39-17-7-8-20-41(39)49-42(38)40/h1-29H/i7D,8D,9D,10D,15D,16D,17D,18D,19D,20D,21D,22D,25D,26D,29D. The van der Waals surface area contributed by atoms with Crippen molar-refractivity contribution < 1.29 is 25.0 Å². The molecule has 2 heterocycles. The molecule has 0 spiro atoms. The number of hydrogen-bond acceptors (Lipinski definition) is 4. The van der Waals surface area contributed by atoms with Gasteiger partial charge in [-0.25, -0.2) is 15.0 Å². The fourth-order valence-electron chi connectivity index (χ4n) is 5.42. The number of aromatic nitrogens is 3. The van der Waals surface area contributed by atoms with Gasteiger partial charge in [-0.15, -0.1) is 0 Å².